The number of methoxy groups -OCH3 is 1. The number of nitrogens with zero attached hydrogens (tertiary/aromatic N) is 2. The van der Waals surface area contributed by atoms with E-state index in [0.29, 0.717) is 21.5 Å². The number of hydrogen-bond acceptors (Lipinski definition) is 6. The summed E-state index contributed by atoms with van der Waals surface area (Å²) in [5.41, 5.74) is 1.41. The van der Waals surface area contributed by atoms with Gasteiger partial charge in [-0.25, -0.2) is 0 Å². The minimum Gasteiger partial charge on any atom is -0.493 e. The number of rotatable bonds is 5. The van der Waals surface area contributed by atoms with E-state index in [1.54, 1.807) is 6.07 Å². The van der Waals surface area contributed by atoms with Gasteiger partial charge < -0.3 is 9.47 Å². The van der Waals surface area contributed by atoms with Gasteiger partial charge in [-0.15, -0.1) is 0 Å². The van der Waals surface area contributed by atoms with Crippen molar-refractivity contribution in [3.05, 3.63) is 21.7 Å². The minimum atomic E-state index is -1.12. The second-order valence-electron chi connectivity index (χ2n) is 7.12. The maximum atomic E-state index is 12.9. The molecule has 0 radical (unpaired) electrons. The zero-order valence-corrected chi connectivity index (χ0v) is 19.0. The van der Waals surface area contributed by atoms with Gasteiger partial charge in [-0.3, -0.25) is 29.0 Å². The van der Waals surface area contributed by atoms with E-state index >= 15 is 0 Å². The molecule has 1 aliphatic heterocycles. The smallest absolute Gasteiger partial charge is 0.253 e. The molecule has 0 bridgehead atoms. The highest BCUT2D eigenvalue weighted by Gasteiger charge is 2.43. The monoisotopic (exact) mass is 468 g/mol. The Morgan fingerprint density at radius 1 is 1.24 bits per heavy atom. The molecule has 4 amide bonds. The Labute approximate surface area is 178 Å². The lowest BCUT2D eigenvalue weighted by Gasteiger charge is -2.37. The molecule has 0 spiro atoms. The summed E-state index contributed by atoms with van der Waals surface area (Å²) in [4.78, 5) is 51.1. The third-order valence-electron chi connectivity index (χ3n) is 4.61. The van der Waals surface area contributed by atoms with Crippen LogP contribution in [-0.2, 0) is 25.6 Å². The molecule has 2 rings (SSSR count). The normalized spacial score (nSPS) is 17.0. The van der Waals surface area contributed by atoms with Gasteiger partial charge in [0, 0.05) is 30.3 Å². The Kier molecular flexibility index (Phi) is 7.05. The average Bonchev–Trinajstić information content (AvgIpc) is 2.61. The molecule has 1 aliphatic rings. The average molecular weight is 469 g/mol. The van der Waals surface area contributed by atoms with Gasteiger partial charge in [0.1, 0.15) is 12.6 Å². The molecule has 0 aliphatic carbocycles. The molecule has 29 heavy (non-hydrogen) atoms. The van der Waals surface area contributed by atoms with Gasteiger partial charge in [0.25, 0.3) is 5.91 Å². The van der Waals surface area contributed by atoms with Crippen molar-refractivity contribution in [1.29, 1.82) is 0 Å². The maximum Gasteiger partial charge on any atom is 0.253 e. The van der Waals surface area contributed by atoms with E-state index in [4.69, 9.17) is 9.47 Å². The van der Waals surface area contributed by atoms with Crippen LogP contribution in [0.4, 0.5) is 0 Å². The summed E-state index contributed by atoms with van der Waals surface area (Å²) in [5.74, 6) is -1.21. The number of hydrogen-bond donors (Lipinski definition) is 0. The molecule has 8 nitrogen and oxygen atoms in total. The molecule has 1 heterocycles. The van der Waals surface area contributed by atoms with Crippen LogP contribution in [0, 0.1) is 6.92 Å². The molecular formula is C20H25BrN2O6. The van der Waals surface area contributed by atoms with Crippen LogP contribution in [-0.4, -0.2) is 59.2 Å². The molecule has 1 fully saturated rings. The quantitative estimate of drug-likeness (QED) is 0.657. The Balaban J connectivity index is 2.54. The second-order valence-corrected chi connectivity index (χ2v) is 7.91. The Bertz CT molecular complexity index is 867. The van der Waals surface area contributed by atoms with Gasteiger partial charge in [-0.1, -0.05) is 15.9 Å². The molecule has 9 heteroatoms. The van der Waals surface area contributed by atoms with Crippen LogP contribution in [0.5, 0.6) is 11.5 Å². The molecule has 158 valence electrons. The number of carbonyl (C=O) groups excluding carboxylic acids is 4. The van der Waals surface area contributed by atoms with Crippen molar-refractivity contribution in [2.45, 2.75) is 53.2 Å². The van der Waals surface area contributed by atoms with Gasteiger partial charge in [-0.05, 0) is 32.4 Å². The first-order valence-electron chi connectivity index (χ1n) is 9.16. The van der Waals surface area contributed by atoms with Crippen LogP contribution < -0.4 is 9.47 Å². The third-order valence-corrected chi connectivity index (χ3v) is 5.71. The first-order chi connectivity index (χ1) is 13.5. The Morgan fingerprint density at radius 2 is 1.86 bits per heavy atom. The third kappa shape index (κ3) is 4.60. The molecule has 0 N–H and O–H groups in total. The number of benzene rings is 1. The number of imide groups is 2. The van der Waals surface area contributed by atoms with E-state index < -0.39 is 36.2 Å². The summed E-state index contributed by atoms with van der Waals surface area (Å²) in [7, 11) is 1.53. The van der Waals surface area contributed by atoms with Crippen molar-refractivity contribution in [1.82, 2.24) is 9.80 Å². The van der Waals surface area contributed by atoms with Gasteiger partial charge in [0.2, 0.25) is 17.7 Å². The number of piperazine rings is 1. The van der Waals surface area contributed by atoms with Crippen molar-refractivity contribution in [2.75, 3.05) is 13.7 Å². The van der Waals surface area contributed by atoms with Crippen LogP contribution in [0.15, 0.2) is 10.5 Å². The maximum absolute atomic E-state index is 12.9. The topological polar surface area (TPSA) is 93.2 Å². The summed E-state index contributed by atoms with van der Waals surface area (Å²) >= 11 is 3.52. The van der Waals surface area contributed by atoms with Crippen molar-refractivity contribution >= 4 is 39.6 Å². The molecule has 1 aromatic rings. The SMILES string of the molecule is COc1c(OC(C)C)cc(CC2C(=O)N(C(C)=O)CC(=O)N2C(C)=O)c(Br)c1C. The molecule has 0 aromatic heterocycles. The zero-order chi connectivity index (χ0) is 22.0. The van der Waals surface area contributed by atoms with E-state index in [1.807, 2.05) is 20.8 Å². The van der Waals surface area contributed by atoms with Gasteiger partial charge >= 0.3 is 0 Å². The fourth-order valence-electron chi connectivity index (χ4n) is 3.36. The summed E-state index contributed by atoms with van der Waals surface area (Å²) in [6.45, 7) is 7.59. The highest BCUT2D eigenvalue weighted by Crippen LogP contribution is 2.39. The molecule has 1 saturated heterocycles. The van der Waals surface area contributed by atoms with Crippen molar-refractivity contribution in [3.8, 4) is 11.5 Å². The highest BCUT2D eigenvalue weighted by atomic mass is 79.9. The van der Waals surface area contributed by atoms with Gasteiger partial charge in [0.15, 0.2) is 11.5 Å². The summed E-state index contributed by atoms with van der Waals surface area (Å²) in [6, 6.07) is 0.604. The van der Waals surface area contributed by atoms with Crippen LogP contribution in [0.2, 0.25) is 0 Å². The lowest BCUT2D eigenvalue weighted by atomic mass is 9.98. The van der Waals surface area contributed by atoms with E-state index in [1.165, 1.54) is 21.0 Å². The van der Waals surface area contributed by atoms with Crippen molar-refractivity contribution in [2.24, 2.45) is 0 Å². The fraction of sp³-hybridized carbons (Fsp3) is 0.500. The summed E-state index contributed by atoms with van der Waals surface area (Å²) in [6.07, 6.45) is -0.0782. The number of amides is 4. The van der Waals surface area contributed by atoms with Gasteiger partial charge in [-0.2, -0.15) is 0 Å². The lowest BCUT2D eigenvalue weighted by molar-refractivity contribution is -0.166. The Hall–Kier alpha value is -2.42. The largest absolute Gasteiger partial charge is 0.493 e. The first kappa shape index (κ1) is 22.9. The highest BCUT2D eigenvalue weighted by molar-refractivity contribution is 9.10. The second kappa shape index (κ2) is 8.94. The van der Waals surface area contributed by atoms with Crippen LogP contribution in [0.3, 0.4) is 0 Å². The number of carbonyl (C=O) groups is 4. The molecule has 1 unspecified atom stereocenters. The standard InChI is InChI=1S/C20H25BrN2O6/c1-10(2)29-16-8-14(18(21)11(3)19(16)28-6)7-15-20(27)22(12(4)24)9-17(26)23(15)13(5)25/h8,10,15H,7,9H2,1-6H3. The molecular weight excluding hydrogens is 444 g/mol. The van der Waals surface area contributed by atoms with E-state index in [-0.39, 0.29) is 12.5 Å². The molecule has 1 atom stereocenters. The number of ether oxygens (including phenoxy) is 2. The van der Waals surface area contributed by atoms with Crippen LogP contribution in [0.25, 0.3) is 0 Å². The van der Waals surface area contributed by atoms with Crippen molar-refractivity contribution < 1.29 is 28.7 Å². The minimum absolute atomic E-state index is 0.0355. The zero-order valence-electron chi connectivity index (χ0n) is 17.4. The molecule has 0 saturated carbocycles. The Morgan fingerprint density at radius 3 is 2.34 bits per heavy atom. The first-order valence-corrected chi connectivity index (χ1v) is 9.96. The lowest BCUT2D eigenvalue weighted by Crippen LogP contribution is -2.62. The summed E-state index contributed by atoms with van der Waals surface area (Å²) < 4.78 is 12.0. The van der Waals surface area contributed by atoms with E-state index in [9.17, 15) is 19.2 Å². The van der Waals surface area contributed by atoms with E-state index in [0.717, 1.165) is 15.4 Å². The van der Waals surface area contributed by atoms with Gasteiger partial charge in [0.05, 0.1) is 13.2 Å². The number of halogens is 1. The van der Waals surface area contributed by atoms with Crippen molar-refractivity contribution in [3.63, 3.8) is 0 Å². The van der Waals surface area contributed by atoms with Crippen LogP contribution in [0.1, 0.15) is 38.8 Å². The van der Waals surface area contributed by atoms with Crippen LogP contribution >= 0.6 is 15.9 Å². The predicted octanol–water partition coefficient (Wildman–Crippen LogP) is 2.23. The summed E-state index contributed by atoms with van der Waals surface area (Å²) in [5, 5.41) is 0. The molecule has 1 aromatic carbocycles. The fourth-order valence-corrected chi connectivity index (χ4v) is 3.81. The van der Waals surface area contributed by atoms with E-state index in [2.05, 4.69) is 15.9 Å². The predicted molar refractivity (Wildman–Crippen MR) is 109 cm³/mol.